The summed E-state index contributed by atoms with van der Waals surface area (Å²) in [4.78, 5) is 16.1. The van der Waals surface area contributed by atoms with Gasteiger partial charge in [-0.1, -0.05) is 25.7 Å². The number of nitrogens with zero attached hydrogens (tertiary/aromatic N) is 1. The lowest BCUT2D eigenvalue weighted by atomic mass is 10.1. The minimum Gasteiger partial charge on any atom is -0.382 e. The highest BCUT2D eigenvalue weighted by molar-refractivity contribution is 6.04. The molecule has 1 heterocycles. The number of aromatic nitrogens is 1. The molecule has 2 N–H and O–H groups in total. The molecule has 0 unspecified atom stereocenters. The van der Waals surface area contributed by atoms with Gasteiger partial charge in [0.2, 0.25) is 0 Å². The SMILES string of the molecule is O=C(Nc1ccc(NC2CCCCCC2)cc1)c1cccnc1. The Kier molecular flexibility index (Phi) is 5.25. The Labute approximate surface area is 137 Å². The Hall–Kier alpha value is -2.36. The molecule has 0 spiro atoms. The largest absolute Gasteiger partial charge is 0.382 e. The van der Waals surface area contributed by atoms with Crippen molar-refractivity contribution in [2.75, 3.05) is 10.6 Å². The van der Waals surface area contributed by atoms with Crippen LogP contribution in [0.1, 0.15) is 48.9 Å². The van der Waals surface area contributed by atoms with E-state index in [1.165, 1.54) is 38.5 Å². The zero-order valence-corrected chi connectivity index (χ0v) is 13.3. The molecule has 1 aliphatic rings. The highest BCUT2D eigenvalue weighted by atomic mass is 16.1. The third kappa shape index (κ3) is 4.55. The molecule has 4 heteroatoms. The summed E-state index contributed by atoms with van der Waals surface area (Å²) in [5.74, 6) is -0.137. The van der Waals surface area contributed by atoms with Crippen LogP contribution in [0.2, 0.25) is 0 Å². The van der Waals surface area contributed by atoms with E-state index in [-0.39, 0.29) is 5.91 Å². The molecular formula is C19H23N3O. The quantitative estimate of drug-likeness (QED) is 0.819. The van der Waals surface area contributed by atoms with Crippen LogP contribution in [0, 0.1) is 0 Å². The second-order valence-electron chi connectivity index (χ2n) is 6.11. The second kappa shape index (κ2) is 7.77. The lowest BCUT2D eigenvalue weighted by Gasteiger charge is -2.18. The summed E-state index contributed by atoms with van der Waals surface area (Å²) in [5, 5.41) is 6.50. The van der Waals surface area contributed by atoms with Gasteiger partial charge in [-0.15, -0.1) is 0 Å². The number of hydrogen-bond acceptors (Lipinski definition) is 3. The molecule has 0 radical (unpaired) electrons. The van der Waals surface area contributed by atoms with Crippen LogP contribution >= 0.6 is 0 Å². The molecule has 1 aromatic heterocycles. The normalized spacial score (nSPS) is 15.7. The van der Waals surface area contributed by atoms with E-state index in [1.807, 2.05) is 24.3 Å². The van der Waals surface area contributed by atoms with Crippen molar-refractivity contribution >= 4 is 17.3 Å². The molecular weight excluding hydrogens is 286 g/mol. The maximum atomic E-state index is 12.1. The summed E-state index contributed by atoms with van der Waals surface area (Å²) < 4.78 is 0. The van der Waals surface area contributed by atoms with Gasteiger partial charge in [-0.2, -0.15) is 0 Å². The molecule has 1 aliphatic carbocycles. The molecule has 3 rings (SSSR count). The van der Waals surface area contributed by atoms with Crippen molar-refractivity contribution in [2.24, 2.45) is 0 Å². The number of carbonyl (C=O) groups is 1. The summed E-state index contributed by atoms with van der Waals surface area (Å²) in [6.45, 7) is 0. The summed E-state index contributed by atoms with van der Waals surface area (Å²) >= 11 is 0. The van der Waals surface area contributed by atoms with Crippen molar-refractivity contribution in [2.45, 2.75) is 44.6 Å². The maximum absolute atomic E-state index is 12.1. The Balaban J connectivity index is 1.57. The second-order valence-corrected chi connectivity index (χ2v) is 6.11. The fourth-order valence-corrected chi connectivity index (χ4v) is 3.01. The van der Waals surface area contributed by atoms with Crippen molar-refractivity contribution in [3.8, 4) is 0 Å². The molecule has 1 amide bonds. The minimum absolute atomic E-state index is 0.137. The van der Waals surface area contributed by atoms with Gasteiger partial charge in [0.15, 0.2) is 0 Å². The number of amides is 1. The number of benzene rings is 1. The number of hydrogen-bond donors (Lipinski definition) is 2. The molecule has 2 aromatic rings. The fraction of sp³-hybridized carbons (Fsp3) is 0.368. The third-order valence-corrected chi connectivity index (χ3v) is 4.29. The minimum atomic E-state index is -0.137. The van der Waals surface area contributed by atoms with E-state index in [0.717, 1.165) is 11.4 Å². The third-order valence-electron chi connectivity index (χ3n) is 4.29. The predicted molar refractivity (Wildman–Crippen MR) is 93.7 cm³/mol. The van der Waals surface area contributed by atoms with Gasteiger partial charge >= 0.3 is 0 Å². The summed E-state index contributed by atoms with van der Waals surface area (Å²) in [6, 6.07) is 12.0. The molecule has 1 aromatic carbocycles. The van der Waals surface area contributed by atoms with E-state index in [0.29, 0.717) is 11.6 Å². The van der Waals surface area contributed by atoms with E-state index in [4.69, 9.17) is 0 Å². The fourth-order valence-electron chi connectivity index (χ4n) is 3.01. The molecule has 23 heavy (non-hydrogen) atoms. The Morgan fingerprint density at radius 2 is 1.65 bits per heavy atom. The summed E-state index contributed by atoms with van der Waals surface area (Å²) in [6.07, 6.45) is 11.1. The van der Waals surface area contributed by atoms with Gasteiger partial charge in [0.1, 0.15) is 0 Å². The standard InChI is InChI=1S/C19H23N3O/c23-19(15-6-5-13-20-14-15)22-18-11-9-17(10-12-18)21-16-7-3-1-2-4-8-16/h5-6,9-14,16,21H,1-4,7-8H2,(H,22,23). The van der Waals surface area contributed by atoms with E-state index < -0.39 is 0 Å². The van der Waals surface area contributed by atoms with Gasteiger partial charge in [0, 0.05) is 29.8 Å². The van der Waals surface area contributed by atoms with Gasteiger partial charge in [-0.05, 0) is 49.2 Å². The molecule has 1 fully saturated rings. The zero-order valence-electron chi connectivity index (χ0n) is 13.3. The average molecular weight is 309 g/mol. The molecule has 0 atom stereocenters. The van der Waals surface area contributed by atoms with Crippen LogP contribution in [-0.4, -0.2) is 16.9 Å². The highest BCUT2D eigenvalue weighted by Crippen LogP contribution is 2.22. The molecule has 0 bridgehead atoms. The number of pyridine rings is 1. The van der Waals surface area contributed by atoms with Crippen LogP contribution in [0.5, 0.6) is 0 Å². The predicted octanol–water partition coefficient (Wildman–Crippen LogP) is 4.47. The number of nitrogens with one attached hydrogen (secondary N) is 2. The van der Waals surface area contributed by atoms with Crippen molar-refractivity contribution < 1.29 is 4.79 Å². The number of anilines is 2. The Bertz CT molecular complexity index is 617. The van der Waals surface area contributed by atoms with Gasteiger partial charge in [0.25, 0.3) is 5.91 Å². The first-order valence-corrected chi connectivity index (χ1v) is 8.39. The van der Waals surface area contributed by atoms with Crippen LogP contribution in [0.4, 0.5) is 11.4 Å². The van der Waals surface area contributed by atoms with Crippen molar-refractivity contribution in [3.05, 3.63) is 54.4 Å². The van der Waals surface area contributed by atoms with E-state index in [2.05, 4.69) is 15.6 Å². The summed E-state index contributed by atoms with van der Waals surface area (Å²) in [7, 11) is 0. The first kappa shape index (κ1) is 15.5. The van der Waals surface area contributed by atoms with Gasteiger partial charge < -0.3 is 10.6 Å². The molecule has 0 aliphatic heterocycles. The zero-order chi connectivity index (χ0) is 15.9. The number of carbonyl (C=O) groups excluding carboxylic acids is 1. The van der Waals surface area contributed by atoms with E-state index in [1.54, 1.807) is 24.5 Å². The van der Waals surface area contributed by atoms with Crippen LogP contribution in [-0.2, 0) is 0 Å². The van der Waals surface area contributed by atoms with Crippen molar-refractivity contribution in [1.29, 1.82) is 0 Å². The van der Waals surface area contributed by atoms with Crippen LogP contribution in [0.25, 0.3) is 0 Å². The first-order valence-electron chi connectivity index (χ1n) is 8.39. The monoisotopic (exact) mass is 309 g/mol. The van der Waals surface area contributed by atoms with Gasteiger partial charge in [0.05, 0.1) is 5.56 Å². The summed E-state index contributed by atoms with van der Waals surface area (Å²) in [5.41, 5.74) is 2.48. The lowest BCUT2D eigenvalue weighted by Crippen LogP contribution is -2.18. The molecule has 4 nitrogen and oxygen atoms in total. The van der Waals surface area contributed by atoms with Crippen LogP contribution < -0.4 is 10.6 Å². The van der Waals surface area contributed by atoms with Crippen LogP contribution in [0.15, 0.2) is 48.8 Å². The van der Waals surface area contributed by atoms with Gasteiger partial charge in [-0.25, -0.2) is 0 Å². The average Bonchev–Trinajstić information content (AvgIpc) is 2.86. The highest BCUT2D eigenvalue weighted by Gasteiger charge is 2.12. The first-order chi connectivity index (χ1) is 11.3. The smallest absolute Gasteiger partial charge is 0.257 e. The molecule has 120 valence electrons. The molecule has 1 saturated carbocycles. The Morgan fingerprint density at radius 1 is 0.957 bits per heavy atom. The lowest BCUT2D eigenvalue weighted by molar-refractivity contribution is 0.102. The van der Waals surface area contributed by atoms with E-state index in [9.17, 15) is 4.79 Å². The number of rotatable bonds is 4. The van der Waals surface area contributed by atoms with Gasteiger partial charge in [-0.3, -0.25) is 9.78 Å². The van der Waals surface area contributed by atoms with Crippen LogP contribution in [0.3, 0.4) is 0 Å². The Morgan fingerprint density at radius 3 is 2.30 bits per heavy atom. The topological polar surface area (TPSA) is 54.0 Å². The maximum Gasteiger partial charge on any atom is 0.257 e. The van der Waals surface area contributed by atoms with Crippen molar-refractivity contribution in [1.82, 2.24) is 4.98 Å². The van der Waals surface area contributed by atoms with Crippen molar-refractivity contribution in [3.63, 3.8) is 0 Å². The van der Waals surface area contributed by atoms with E-state index >= 15 is 0 Å². The molecule has 0 saturated heterocycles.